The van der Waals surface area contributed by atoms with Gasteiger partial charge in [0, 0.05) is 5.56 Å². The van der Waals surface area contributed by atoms with Crippen LogP contribution >= 0.6 is 0 Å². The number of fused-ring (bicyclic) bond motifs is 1. The lowest BCUT2D eigenvalue weighted by Crippen LogP contribution is -2.00. The maximum Gasteiger partial charge on any atom is 0.315 e. The van der Waals surface area contributed by atoms with Gasteiger partial charge in [0.2, 0.25) is 0 Å². The molecule has 2 heteroatoms. The molecule has 0 aliphatic carbocycles. The highest BCUT2D eigenvalue weighted by Gasteiger charge is 2.22. The molecule has 0 N–H and O–H groups in total. The van der Waals surface area contributed by atoms with Gasteiger partial charge in [0.1, 0.15) is 5.75 Å². The van der Waals surface area contributed by atoms with E-state index in [9.17, 15) is 4.79 Å². The molecule has 1 aliphatic rings. The fourth-order valence-electron chi connectivity index (χ4n) is 1.43. The maximum absolute atomic E-state index is 10.9. The summed E-state index contributed by atoms with van der Waals surface area (Å²) in [6, 6.07) is 3.98. The minimum Gasteiger partial charge on any atom is -0.426 e. The highest BCUT2D eigenvalue weighted by atomic mass is 16.5. The van der Waals surface area contributed by atoms with Crippen LogP contribution in [0.2, 0.25) is 0 Å². The van der Waals surface area contributed by atoms with E-state index in [0.717, 1.165) is 16.9 Å². The molecule has 2 nitrogen and oxygen atoms in total. The van der Waals surface area contributed by atoms with Gasteiger partial charge in [-0.15, -0.1) is 0 Å². The number of carbonyl (C=O) groups excluding carboxylic acids is 1. The lowest BCUT2D eigenvalue weighted by molar-refractivity contribution is -0.131. The van der Waals surface area contributed by atoms with Gasteiger partial charge in [-0.1, -0.05) is 12.1 Å². The van der Waals surface area contributed by atoms with Crippen molar-refractivity contribution in [3.05, 3.63) is 28.8 Å². The Labute approximate surface area is 71.2 Å². The average molecular weight is 162 g/mol. The number of aryl methyl sites for hydroxylation is 1. The zero-order valence-electron chi connectivity index (χ0n) is 7.18. The van der Waals surface area contributed by atoms with Crippen LogP contribution in [0, 0.1) is 13.8 Å². The van der Waals surface area contributed by atoms with Crippen molar-refractivity contribution in [3.63, 3.8) is 0 Å². The number of benzene rings is 1. The van der Waals surface area contributed by atoms with Gasteiger partial charge in [0.25, 0.3) is 0 Å². The van der Waals surface area contributed by atoms with E-state index in [2.05, 4.69) is 0 Å². The van der Waals surface area contributed by atoms with Gasteiger partial charge in [-0.25, -0.2) is 0 Å². The fraction of sp³-hybridized carbons (Fsp3) is 0.300. The lowest BCUT2D eigenvalue weighted by atomic mass is 10.0. The number of carbonyl (C=O) groups is 1. The molecule has 62 valence electrons. The second-order valence-electron chi connectivity index (χ2n) is 3.15. The lowest BCUT2D eigenvalue weighted by Gasteiger charge is -2.04. The standard InChI is InChI=1S/C10H10O2/c1-6-3-4-8-5-9(11)12-10(8)7(6)2/h3-4H,5H2,1-2H3. The Morgan fingerprint density at radius 2 is 2.08 bits per heavy atom. The summed E-state index contributed by atoms with van der Waals surface area (Å²) in [6.07, 6.45) is 0.427. The largest absolute Gasteiger partial charge is 0.426 e. The molecular weight excluding hydrogens is 152 g/mol. The zero-order valence-corrected chi connectivity index (χ0v) is 7.18. The summed E-state index contributed by atoms with van der Waals surface area (Å²) in [5, 5.41) is 0. The summed E-state index contributed by atoms with van der Waals surface area (Å²) < 4.78 is 5.08. The first-order chi connectivity index (χ1) is 5.68. The molecule has 1 heterocycles. The van der Waals surface area contributed by atoms with E-state index in [4.69, 9.17) is 4.74 Å². The van der Waals surface area contributed by atoms with E-state index in [1.165, 1.54) is 5.56 Å². The number of rotatable bonds is 0. The monoisotopic (exact) mass is 162 g/mol. The Hall–Kier alpha value is -1.31. The average Bonchev–Trinajstić information content (AvgIpc) is 2.39. The normalized spacial score (nSPS) is 14.3. The van der Waals surface area contributed by atoms with E-state index >= 15 is 0 Å². The molecule has 0 aromatic heterocycles. The van der Waals surface area contributed by atoms with Gasteiger partial charge in [0.15, 0.2) is 0 Å². The van der Waals surface area contributed by atoms with Crippen LogP contribution in [0.5, 0.6) is 5.75 Å². The van der Waals surface area contributed by atoms with Crippen molar-refractivity contribution in [2.75, 3.05) is 0 Å². The highest BCUT2D eigenvalue weighted by molar-refractivity contribution is 5.81. The molecule has 2 rings (SSSR count). The van der Waals surface area contributed by atoms with Crippen LogP contribution in [0.4, 0.5) is 0 Å². The SMILES string of the molecule is Cc1ccc2c(c1C)OC(=O)C2. The van der Waals surface area contributed by atoms with E-state index in [1.54, 1.807) is 0 Å². The van der Waals surface area contributed by atoms with Crippen LogP contribution in [0.25, 0.3) is 0 Å². The van der Waals surface area contributed by atoms with Gasteiger partial charge < -0.3 is 4.74 Å². The quantitative estimate of drug-likeness (QED) is 0.429. The van der Waals surface area contributed by atoms with Crippen LogP contribution in [0.1, 0.15) is 16.7 Å². The van der Waals surface area contributed by atoms with E-state index in [1.807, 2.05) is 26.0 Å². The Balaban J connectivity index is 2.61. The Bertz CT molecular complexity index is 353. The van der Waals surface area contributed by atoms with Crippen molar-refractivity contribution in [1.29, 1.82) is 0 Å². The second kappa shape index (κ2) is 2.34. The first-order valence-corrected chi connectivity index (χ1v) is 3.98. The van der Waals surface area contributed by atoms with Crippen LogP contribution < -0.4 is 4.74 Å². The van der Waals surface area contributed by atoms with Crippen molar-refractivity contribution < 1.29 is 9.53 Å². The second-order valence-corrected chi connectivity index (χ2v) is 3.15. The van der Waals surface area contributed by atoms with Crippen molar-refractivity contribution in [1.82, 2.24) is 0 Å². The predicted octanol–water partition coefficient (Wildman–Crippen LogP) is 1.76. The van der Waals surface area contributed by atoms with Crippen molar-refractivity contribution in [3.8, 4) is 5.75 Å². The number of hydrogen-bond donors (Lipinski definition) is 0. The number of esters is 1. The summed E-state index contributed by atoms with van der Waals surface area (Å²) in [6.45, 7) is 3.99. The van der Waals surface area contributed by atoms with Crippen LogP contribution in [0.3, 0.4) is 0 Å². The molecule has 0 saturated heterocycles. The summed E-state index contributed by atoms with van der Waals surface area (Å²) >= 11 is 0. The molecular formula is C10H10O2. The molecule has 1 aliphatic heterocycles. The smallest absolute Gasteiger partial charge is 0.315 e. The van der Waals surface area contributed by atoms with Gasteiger partial charge in [-0.05, 0) is 25.0 Å². The minimum atomic E-state index is -0.140. The maximum atomic E-state index is 10.9. The van der Waals surface area contributed by atoms with Crippen molar-refractivity contribution >= 4 is 5.97 Å². The summed E-state index contributed by atoms with van der Waals surface area (Å²) in [7, 11) is 0. The molecule has 0 amide bonds. The molecule has 0 saturated carbocycles. The number of hydrogen-bond acceptors (Lipinski definition) is 2. The molecule has 12 heavy (non-hydrogen) atoms. The van der Waals surface area contributed by atoms with Gasteiger partial charge in [-0.2, -0.15) is 0 Å². The van der Waals surface area contributed by atoms with E-state index < -0.39 is 0 Å². The van der Waals surface area contributed by atoms with Crippen molar-refractivity contribution in [2.24, 2.45) is 0 Å². The van der Waals surface area contributed by atoms with Crippen molar-refractivity contribution in [2.45, 2.75) is 20.3 Å². The van der Waals surface area contributed by atoms with E-state index in [0.29, 0.717) is 6.42 Å². The molecule has 1 aromatic rings. The number of ether oxygens (including phenoxy) is 1. The topological polar surface area (TPSA) is 26.3 Å². The van der Waals surface area contributed by atoms with Crippen LogP contribution in [-0.4, -0.2) is 5.97 Å². The third-order valence-corrected chi connectivity index (χ3v) is 2.31. The first kappa shape index (κ1) is 7.35. The molecule has 0 fully saturated rings. The minimum absolute atomic E-state index is 0.140. The summed E-state index contributed by atoms with van der Waals surface area (Å²) in [5.74, 6) is 0.638. The van der Waals surface area contributed by atoms with Crippen LogP contribution in [0.15, 0.2) is 12.1 Å². The van der Waals surface area contributed by atoms with Crippen LogP contribution in [-0.2, 0) is 11.2 Å². The molecule has 1 aromatic carbocycles. The summed E-state index contributed by atoms with van der Waals surface area (Å²) in [5.41, 5.74) is 3.27. The predicted molar refractivity (Wildman–Crippen MR) is 45.3 cm³/mol. The fourth-order valence-corrected chi connectivity index (χ4v) is 1.43. The first-order valence-electron chi connectivity index (χ1n) is 3.98. The molecule has 0 atom stereocenters. The zero-order chi connectivity index (χ0) is 8.72. The molecule has 0 bridgehead atoms. The molecule has 0 radical (unpaired) electrons. The third kappa shape index (κ3) is 0.916. The van der Waals surface area contributed by atoms with E-state index in [-0.39, 0.29) is 5.97 Å². The highest BCUT2D eigenvalue weighted by Crippen LogP contribution is 2.31. The third-order valence-electron chi connectivity index (χ3n) is 2.31. The Kier molecular flexibility index (Phi) is 1.43. The molecule has 0 unspecified atom stereocenters. The Morgan fingerprint density at radius 3 is 2.83 bits per heavy atom. The molecule has 0 spiro atoms. The Morgan fingerprint density at radius 1 is 1.33 bits per heavy atom. The van der Waals surface area contributed by atoms with Gasteiger partial charge in [-0.3, -0.25) is 4.79 Å². The van der Waals surface area contributed by atoms with Gasteiger partial charge >= 0.3 is 5.97 Å². The van der Waals surface area contributed by atoms with Gasteiger partial charge in [0.05, 0.1) is 6.42 Å². The summed E-state index contributed by atoms with van der Waals surface area (Å²) in [4.78, 5) is 10.9.